The summed E-state index contributed by atoms with van der Waals surface area (Å²) in [5, 5.41) is 2.95. The third kappa shape index (κ3) is 7.72. The largest absolute Gasteiger partial charge is 0.307 e. The van der Waals surface area contributed by atoms with Crippen molar-refractivity contribution in [3.63, 3.8) is 0 Å². The molecule has 0 amide bonds. The topological polar surface area (TPSA) is 44.1 Å². The van der Waals surface area contributed by atoms with Crippen molar-refractivity contribution >= 4 is 18.1 Å². The molecule has 148 valence electrons. The maximum absolute atomic E-state index is 13.4. The van der Waals surface area contributed by atoms with Crippen LogP contribution in [0.2, 0.25) is 0 Å². The Balaban J connectivity index is 0.00000111. The number of aromatic nitrogens is 2. The number of aryl methyl sites for hydroxylation is 2. The first-order valence-electron chi connectivity index (χ1n) is 7.89. The van der Waals surface area contributed by atoms with Gasteiger partial charge in [0.25, 0.3) is 0 Å². The molecule has 3 rings (SSSR count). The van der Waals surface area contributed by atoms with Gasteiger partial charge in [0.2, 0.25) is 5.69 Å². The molecule has 0 bridgehead atoms. The molecule has 28 heavy (non-hydrogen) atoms. The van der Waals surface area contributed by atoms with Crippen molar-refractivity contribution in [3.05, 3.63) is 69.6 Å². The first-order valence-corrected chi connectivity index (χ1v) is 8.77. The number of thiazole rings is 1. The van der Waals surface area contributed by atoms with Gasteiger partial charge in [0.05, 0.1) is 30.5 Å². The van der Waals surface area contributed by atoms with Gasteiger partial charge in [0.15, 0.2) is 6.20 Å². The minimum absolute atomic E-state index is 0.239. The number of aromatic amines is 1. The molecule has 0 spiro atoms. The van der Waals surface area contributed by atoms with Gasteiger partial charge in [-0.25, -0.2) is 14.4 Å². The van der Waals surface area contributed by atoms with E-state index in [1.807, 2.05) is 44.3 Å². The van der Waals surface area contributed by atoms with Crippen molar-refractivity contribution < 1.29 is 22.9 Å². The molecule has 0 saturated heterocycles. The molecule has 2 aromatic heterocycles. The molecular weight excluding hydrogens is 385 g/mol. The summed E-state index contributed by atoms with van der Waals surface area (Å²) in [4.78, 5) is 15.5. The normalized spacial score (nSPS) is 8.54. The monoisotopic (exact) mass is 407 g/mol. The number of carbonyl (C=O) groups excluding carboxylic acids is 1. The Morgan fingerprint density at radius 1 is 1.04 bits per heavy atom. The molecule has 0 radical (unpaired) electrons. The molecule has 0 aliphatic heterocycles. The summed E-state index contributed by atoms with van der Waals surface area (Å²) in [5.74, 6) is 5.86. The van der Waals surface area contributed by atoms with Crippen LogP contribution in [0.4, 0.5) is 13.2 Å². The van der Waals surface area contributed by atoms with E-state index in [-0.39, 0.29) is 5.82 Å². The van der Waals surface area contributed by atoms with Gasteiger partial charge >= 0.3 is 0 Å². The summed E-state index contributed by atoms with van der Waals surface area (Å²) in [7, 11) is 1.00. The number of rotatable bonds is 1. The van der Waals surface area contributed by atoms with Crippen LogP contribution in [-0.4, -0.2) is 26.1 Å². The van der Waals surface area contributed by atoms with Crippen molar-refractivity contribution in [2.75, 3.05) is 14.4 Å². The van der Waals surface area contributed by atoms with E-state index in [0.29, 0.717) is 14.4 Å². The second kappa shape index (κ2) is 14.1. The summed E-state index contributed by atoms with van der Waals surface area (Å²) in [6.07, 6.45) is 1.83. The highest BCUT2D eigenvalue weighted by Gasteiger charge is 2.09. The zero-order valence-corrected chi connectivity index (χ0v) is 17.0. The SMILES string of the molecule is C=O.CF.CF.Cc1nc(C#Cc2ccc(-c3cc(F)ccc3C)[nH+]c2)cs1. The number of alkyl halides is 2. The van der Waals surface area contributed by atoms with Crippen LogP contribution >= 0.6 is 11.3 Å². The molecule has 0 unspecified atom stereocenters. The Bertz CT molecular complexity index is 900. The number of hydrogen-bond acceptors (Lipinski definition) is 3. The summed E-state index contributed by atoms with van der Waals surface area (Å²) in [6.45, 7) is 5.92. The third-order valence-corrected chi connectivity index (χ3v) is 4.03. The van der Waals surface area contributed by atoms with Crippen LogP contribution < -0.4 is 4.98 Å². The molecule has 0 fully saturated rings. The predicted molar refractivity (Wildman–Crippen MR) is 107 cm³/mol. The Labute approximate surface area is 167 Å². The third-order valence-electron chi connectivity index (χ3n) is 3.26. The minimum atomic E-state index is -0.239. The number of halogens is 3. The standard InChI is InChI=1S/C18H13FN2S.2CH3F.CH2O/c1-12-3-6-15(19)9-17(12)18-8-5-14(10-20-18)4-7-16-11-22-13(2)21-16;3*1-2/h3,5-6,8-11H,1-2H3;2*1H3;1H2/p+1. The van der Waals surface area contributed by atoms with E-state index in [4.69, 9.17) is 4.79 Å². The van der Waals surface area contributed by atoms with Gasteiger partial charge in [-0.15, -0.1) is 11.3 Å². The number of H-pyrrole nitrogens is 1. The van der Waals surface area contributed by atoms with Crippen molar-refractivity contribution in [2.24, 2.45) is 0 Å². The average molecular weight is 407 g/mol. The molecular formula is C21H22F3N2OS+. The summed E-state index contributed by atoms with van der Waals surface area (Å²) >= 11 is 1.59. The molecule has 0 aliphatic rings. The van der Waals surface area contributed by atoms with Gasteiger partial charge in [0, 0.05) is 11.4 Å². The number of benzene rings is 1. The van der Waals surface area contributed by atoms with E-state index in [1.54, 1.807) is 17.4 Å². The lowest BCUT2D eigenvalue weighted by molar-refractivity contribution is -0.364. The molecule has 3 aromatic rings. The Morgan fingerprint density at radius 2 is 1.71 bits per heavy atom. The maximum atomic E-state index is 13.4. The zero-order chi connectivity index (χ0) is 21.5. The second-order valence-corrected chi connectivity index (χ2v) is 6.01. The van der Waals surface area contributed by atoms with Crippen molar-refractivity contribution in [1.29, 1.82) is 0 Å². The Morgan fingerprint density at radius 3 is 2.25 bits per heavy atom. The maximum Gasteiger partial charge on any atom is 0.211 e. The highest BCUT2D eigenvalue weighted by atomic mass is 32.1. The van der Waals surface area contributed by atoms with Gasteiger partial charge in [-0.05, 0) is 43.5 Å². The lowest BCUT2D eigenvalue weighted by Gasteiger charge is -2.01. The van der Waals surface area contributed by atoms with Gasteiger partial charge in [0.1, 0.15) is 18.3 Å². The fraction of sp³-hybridized carbons (Fsp3) is 0.190. The second-order valence-electron chi connectivity index (χ2n) is 4.95. The van der Waals surface area contributed by atoms with E-state index in [0.717, 1.165) is 33.1 Å². The number of pyridine rings is 1. The van der Waals surface area contributed by atoms with Crippen LogP contribution in [0, 0.1) is 31.5 Å². The van der Waals surface area contributed by atoms with Crippen LogP contribution in [0.5, 0.6) is 0 Å². The first-order chi connectivity index (χ1) is 13.6. The lowest BCUT2D eigenvalue weighted by atomic mass is 10.0. The Hall–Kier alpha value is -2.98. The lowest BCUT2D eigenvalue weighted by Crippen LogP contribution is -2.07. The average Bonchev–Trinajstić information content (AvgIpc) is 3.18. The highest BCUT2D eigenvalue weighted by Crippen LogP contribution is 2.20. The summed E-state index contributed by atoms with van der Waals surface area (Å²) in [5.41, 5.74) is 4.40. The van der Waals surface area contributed by atoms with Crippen molar-refractivity contribution in [3.8, 4) is 23.1 Å². The number of nitrogens with one attached hydrogen (secondary N) is 1. The molecule has 0 aliphatic carbocycles. The quantitative estimate of drug-likeness (QED) is 0.546. The summed E-state index contributed by atoms with van der Waals surface area (Å²) < 4.78 is 32.4. The minimum Gasteiger partial charge on any atom is -0.307 e. The number of carbonyl (C=O) groups is 1. The molecule has 3 nitrogen and oxygen atoms in total. The number of nitrogens with zero attached hydrogens (tertiary/aromatic N) is 1. The van der Waals surface area contributed by atoms with E-state index < -0.39 is 0 Å². The fourth-order valence-electron chi connectivity index (χ4n) is 2.11. The molecule has 2 heterocycles. The molecule has 0 atom stereocenters. The molecule has 1 aromatic carbocycles. The van der Waals surface area contributed by atoms with Gasteiger partial charge in [-0.2, -0.15) is 0 Å². The predicted octanol–water partition coefficient (Wildman–Crippen LogP) is 4.77. The number of hydrogen-bond donors (Lipinski definition) is 0. The van der Waals surface area contributed by atoms with Crippen LogP contribution in [-0.2, 0) is 4.79 Å². The van der Waals surface area contributed by atoms with Crippen LogP contribution in [0.3, 0.4) is 0 Å². The fourth-order valence-corrected chi connectivity index (χ4v) is 2.66. The van der Waals surface area contributed by atoms with E-state index in [2.05, 4.69) is 21.8 Å². The van der Waals surface area contributed by atoms with Gasteiger partial charge in [-0.3, -0.25) is 8.78 Å². The Kier molecular flexibility index (Phi) is 12.6. The van der Waals surface area contributed by atoms with Crippen LogP contribution in [0.25, 0.3) is 11.3 Å². The van der Waals surface area contributed by atoms with Crippen molar-refractivity contribution in [2.45, 2.75) is 13.8 Å². The first kappa shape index (κ1) is 25.0. The smallest absolute Gasteiger partial charge is 0.211 e. The molecule has 1 N–H and O–H groups in total. The van der Waals surface area contributed by atoms with E-state index in [9.17, 15) is 13.2 Å². The molecule has 0 saturated carbocycles. The zero-order valence-electron chi connectivity index (χ0n) is 16.1. The van der Waals surface area contributed by atoms with E-state index >= 15 is 0 Å². The van der Waals surface area contributed by atoms with Gasteiger partial charge in [-0.1, -0.05) is 12.0 Å². The molecule has 7 heteroatoms. The van der Waals surface area contributed by atoms with Crippen LogP contribution in [0.1, 0.15) is 21.8 Å². The summed E-state index contributed by atoms with van der Waals surface area (Å²) in [6, 6.07) is 8.61. The van der Waals surface area contributed by atoms with Crippen molar-refractivity contribution in [1.82, 2.24) is 4.98 Å². The van der Waals surface area contributed by atoms with Crippen LogP contribution in [0.15, 0.2) is 41.9 Å². The van der Waals surface area contributed by atoms with Gasteiger partial charge < -0.3 is 4.79 Å². The van der Waals surface area contributed by atoms with E-state index in [1.165, 1.54) is 12.1 Å². The highest BCUT2D eigenvalue weighted by molar-refractivity contribution is 7.09.